The molecule has 2 amide bonds. The molecule has 2 N–H and O–H groups in total. The van der Waals surface area contributed by atoms with Crippen LogP contribution in [0.25, 0.3) is 5.82 Å². The molecule has 0 saturated heterocycles. The van der Waals surface area contributed by atoms with E-state index in [0.29, 0.717) is 30.2 Å². The number of benzene rings is 1. The van der Waals surface area contributed by atoms with Crippen LogP contribution in [0.4, 0.5) is 32.2 Å². The van der Waals surface area contributed by atoms with Gasteiger partial charge < -0.3 is 15.4 Å². The highest BCUT2D eigenvalue weighted by molar-refractivity contribution is 7.91. The summed E-state index contributed by atoms with van der Waals surface area (Å²) < 4.78 is 106. The van der Waals surface area contributed by atoms with Crippen molar-refractivity contribution in [2.75, 3.05) is 23.9 Å². The first-order valence-electron chi connectivity index (χ1n) is 12.2. The van der Waals surface area contributed by atoms with Gasteiger partial charge in [0.1, 0.15) is 17.1 Å². The number of carbonyl (C=O) groups is 2. The number of pyridine rings is 1. The molecular weight excluding hydrogens is 596 g/mol. The summed E-state index contributed by atoms with van der Waals surface area (Å²) in [6.45, 7) is -1.47. The number of nitrogens with zero attached hydrogens (tertiary/aromatic N) is 3. The van der Waals surface area contributed by atoms with E-state index in [0.717, 1.165) is 23.1 Å². The smallest absolute Gasteiger partial charge is 0.422 e. The van der Waals surface area contributed by atoms with Gasteiger partial charge in [0.2, 0.25) is 5.91 Å². The molecule has 1 aliphatic carbocycles. The Bertz CT molecular complexity index is 1690. The number of aryl methyl sites for hydroxylation is 1. The second-order valence-corrected chi connectivity index (χ2v) is 12.2. The Balaban J connectivity index is 1.53. The maximum Gasteiger partial charge on any atom is 0.422 e. The van der Waals surface area contributed by atoms with Gasteiger partial charge in [-0.05, 0) is 48.2 Å². The third-order valence-corrected chi connectivity index (χ3v) is 7.55. The van der Waals surface area contributed by atoms with Crippen molar-refractivity contribution in [1.29, 1.82) is 0 Å². The number of aromatic nitrogens is 3. The zero-order valence-corrected chi connectivity index (χ0v) is 22.4. The zero-order valence-electron chi connectivity index (χ0n) is 21.6. The van der Waals surface area contributed by atoms with E-state index in [1.165, 1.54) is 12.1 Å². The van der Waals surface area contributed by atoms with Crippen LogP contribution in [0.15, 0.2) is 36.5 Å². The summed E-state index contributed by atoms with van der Waals surface area (Å²) in [7, 11) is -3.78. The summed E-state index contributed by atoms with van der Waals surface area (Å²) in [5.74, 6) is -3.14. The van der Waals surface area contributed by atoms with Gasteiger partial charge >= 0.3 is 12.4 Å². The van der Waals surface area contributed by atoms with Crippen molar-refractivity contribution in [2.24, 2.45) is 0 Å². The second-order valence-electron chi connectivity index (χ2n) is 10.0. The average Bonchev–Trinajstić information content (AvgIpc) is 3.39. The quantitative estimate of drug-likeness (QED) is 0.406. The van der Waals surface area contributed by atoms with Crippen LogP contribution in [0.5, 0.6) is 5.75 Å². The summed E-state index contributed by atoms with van der Waals surface area (Å²) in [4.78, 5) is 29.8. The molecule has 1 aromatic carbocycles. The number of halogens is 6. The Kier molecular flexibility index (Phi) is 6.98. The maximum absolute atomic E-state index is 13.5. The first-order valence-corrected chi connectivity index (χ1v) is 14.3. The highest BCUT2D eigenvalue weighted by Gasteiger charge is 2.47. The van der Waals surface area contributed by atoms with Crippen LogP contribution in [-0.4, -0.2) is 59.8 Å². The molecule has 3 aromatic rings. The summed E-state index contributed by atoms with van der Waals surface area (Å²) in [6.07, 6.45) is -7.06. The molecule has 1 atom stereocenters. The topological polar surface area (TPSA) is 132 Å². The molecule has 0 unspecified atom stereocenters. The van der Waals surface area contributed by atoms with E-state index in [-0.39, 0.29) is 35.1 Å². The fraction of sp³-hybridized carbons (Fsp3) is 0.360. The lowest BCUT2D eigenvalue weighted by molar-refractivity contribution is -0.153. The summed E-state index contributed by atoms with van der Waals surface area (Å²) in [5.41, 5.74) is -0.815. The standard InChI is InChI=1S/C25H21F6N5O5S/c1-42(39,40)11-19(37)33-21-20-17(35-36(21)18-5-2-14(10-32-18)25(29,30)31)9-23(34-22(20)38)7-6-13-8-15(3-4-16(13)23)41-12-24(26,27)28/h2-5,8,10H,6-7,9,11-12H2,1H3,(H,33,37)(H,34,38)/t23-/m0/s1. The van der Waals surface area contributed by atoms with E-state index in [1.54, 1.807) is 6.07 Å². The lowest BCUT2D eigenvalue weighted by Crippen LogP contribution is -2.49. The molecular formula is C25H21F6N5O5S. The van der Waals surface area contributed by atoms with Crippen LogP contribution in [0.1, 0.15) is 39.2 Å². The molecule has 0 saturated carbocycles. The molecule has 0 radical (unpaired) electrons. The van der Waals surface area contributed by atoms with Crippen molar-refractivity contribution in [1.82, 2.24) is 20.1 Å². The molecule has 0 bridgehead atoms. The van der Waals surface area contributed by atoms with Crippen LogP contribution in [0, 0.1) is 0 Å². The summed E-state index contributed by atoms with van der Waals surface area (Å²) in [6, 6.07) is 6.06. The predicted octanol–water partition coefficient (Wildman–Crippen LogP) is 3.34. The minimum atomic E-state index is -4.68. The van der Waals surface area contributed by atoms with Crippen molar-refractivity contribution in [2.45, 2.75) is 37.2 Å². The number of hydrogen-bond donors (Lipinski definition) is 2. The van der Waals surface area contributed by atoms with Gasteiger partial charge in [0.25, 0.3) is 5.91 Å². The lowest BCUT2D eigenvalue weighted by atomic mass is 9.82. The van der Waals surface area contributed by atoms with E-state index >= 15 is 0 Å². The predicted molar refractivity (Wildman–Crippen MR) is 134 cm³/mol. The first kappa shape index (κ1) is 29.3. The Hall–Kier alpha value is -4.15. The number of sulfone groups is 1. The number of amides is 2. The van der Waals surface area contributed by atoms with Crippen molar-refractivity contribution < 1.29 is 49.1 Å². The number of fused-ring (bicyclic) bond motifs is 3. The molecule has 1 spiro atoms. The molecule has 224 valence electrons. The van der Waals surface area contributed by atoms with Crippen molar-refractivity contribution in [3.63, 3.8) is 0 Å². The van der Waals surface area contributed by atoms with Crippen LogP contribution >= 0.6 is 0 Å². The van der Waals surface area contributed by atoms with Crippen LogP contribution in [-0.2, 0) is 39.2 Å². The van der Waals surface area contributed by atoms with Gasteiger partial charge in [-0.25, -0.2) is 13.4 Å². The number of hydrogen-bond acceptors (Lipinski definition) is 7. The molecule has 0 fully saturated rings. The molecule has 2 aliphatic rings. The molecule has 3 heterocycles. The number of nitrogens with one attached hydrogen (secondary N) is 2. The second kappa shape index (κ2) is 9.99. The van der Waals surface area contributed by atoms with Gasteiger partial charge in [-0.1, -0.05) is 6.07 Å². The minimum absolute atomic E-state index is 0.000480. The third-order valence-electron chi connectivity index (χ3n) is 6.77. The van der Waals surface area contributed by atoms with Gasteiger partial charge in [0, 0.05) is 18.9 Å². The van der Waals surface area contributed by atoms with Crippen molar-refractivity contribution >= 4 is 27.5 Å². The van der Waals surface area contributed by atoms with Gasteiger partial charge in [0.05, 0.1) is 16.8 Å². The lowest BCUT2D eigenvalue weighted by Gasteiger charge is -2.35. The third kappa shape index (κ3) is 5.91. The fourth-order valence-corrected chi connectivity index (χ4v) is 5.65. The highest BCUT2D eigenvalue weighted by atomic mass is 32.2. The monoisotopic (exact) mass is 617 g/mol. The van der Waals surface area contributed by atoms with E-state index in [2.05, 4.69) is 20.7 Å². The Morgan fingerprint density at radius 2 is 1.90 bits per heavy atom. The fourth-order valence-electron chi connectivity index (χ4n) is 5.10. The number of carbonyl (C=O) groups excluding carboxylic acids is 2. The summed E-state index contributed by atoms with van der Waals surface area (Å²) >= 11 is 0. The van der Waals surface area contributed by atoms with E-state index < -0.39 is 57.5 Å². The van der Waals surface area contributed by atoms with E-state index in [4.69, 9.17) is 4.74 Å². The molecule has 42 heavy (non-hydrogen) atoms. The van der Waals surface area contributed by atoms with Gasteiger partial charge in [-0.2, -0.15) is 36.1 Å². The van der Waals surface area contributed by atoms with Gasteiger partial charge in [0.15, 0.2) is 28.1 Å². The van der Waals surface area contributed by atoms with Crippen LogP contribution in [0.3, 0.4) is 0 Å². The molecule has 1 aliphatic heterocycles. The Morgan fingerprint density at radius 1 is 1.17 bits per heavy atom. The number of anilines is 1. The van der Waals surface area contributed by atoms with Gasteiger partial charge in [-0.3, -0.25) is 9.59 Å². The highest BCUT2D eigenvalue weighted by Crippen LogP contribution is 2.44. The van der Waals surface area contributed by atoms with E-state index in [1.807, 2.05) is 0 Å². The SMILES string of the molecule is CS(=O)(=O)CC(=O)Nc1c2c(nn1-c1ccc(C(F)(F)F)cn1)C[C@]1(CCc3cc(OCC(F)(F)F)ccc31)NC2=O. The van der Waals surface area contributed by atoms with E-state index in [9.17, 15) is 44.3 Å². The summed E-state index contributed by atoms with van der Waals surface area (Å²) in [5, 5.41) is 9.59. The Morgan fingerprint density at radius 3 is 2.52 bits per heavy atom. The minimum Gasteiger partial charge on any atom is -0.484 e. The van der Waals surface area contributed by atoms with Crippen molar-refractivity contribution in [3.05, 3.63) is 64.5 Å². The molecule has 17 heteroatoms. The number of ether oxygens (including phenoxy) is 1. The van der Waals surface area contributed by atoms with Crippen molar-refractivity contribution in [3.8, 4) is 11.6 Å². The Labute approximate surface area is 234 Å². The number of rotatable bonds is 6. The normalized spacial score (nSPS) is 18.4. The maximum atomic E-state index is 13.5. The first-order chi connectivity index (χ1) is 19.4. The van der Waals surface area contributed by atoms with Gasteiger partial charge in [-0.15, -0.1) is 0 Å². The average molecular weight is 618 g/mol. The van der Waals surface area contributed by atoms with Crippen LogP contribution in [0.2, 0.25) is 0 Å². The largest absolute Gasteiger partial charge is 0.484 e. The molecule has 5 rings (SSSR count). The molecule has 2 aromatic heterocycles. The zero-order chi connectivity index (χ0) is 30.7. The molecule has 10 nitrogen and oxygen atoms in total. The van der Waals surface area contributed by atoms with Crippen LogP contribution < -0.4 is 15.4 Å². The number of alkyl halides is 6.